The molecule has 0 aliphatic carbocycles. The van der Waals surface area contributed by atoms with Crippen molar-refractivity contribution in [2.45, 2.75) is 12.8 Å². The predicted octanol–water partition coefficient (Wildman–Crippen LogP) is 2.49. The first-order valence-electron chi connectivity index (χ1n) is 4.53. The van der Waals surface area contributed by atoms with Crippen LogP contribution < -0.4 is 10.5 Å². The molecule has 0 aliphatic heterocycles. The molecule has 0 heterocycles. The Morgan fingerprint density at radius 1 is 1.40 bits per heavy atom. The Bertz CT molecular complexity index is 320. The largest absolute Gasteiger partial charge is 0.486 e. The lowest BCUT2D eigenvalue weighted by Crippen LogP contribution is -2.07. The average molecular weight is 236 g/mol. The maximum absolute atomic E-state index is 11.9. The molecule has 1 aromatic rings. The van der Waals surface area contributed by atoms with E-state index in [-0.39, 0.29) is 5.75 Å². The summed E-state index contributed by atoms with van der Waals surface area (Å²) in [6, 6.07) is 5.02. The van der Waals surface area contributed by atoms with Gasteiger partial charge in [0, 0.05) is 0 Å². The van der Waals surface area contributed by atoms with Crippen LogP contribution in [-0.2, 0) is 6.42 Å². The summed E-state index contributed by atoms with van der Waals surface area (Å²) in [5.41, 5.74) is 6.34. The maximum Gasteiger partial charge on any atom is 0.272 e. The smallest absolute Gasteiger partial charge is 0.272 e. The van der Waals surface area contributed by atoms with Crippen molar-refractivity contribution in [3.63, 3.8) is 0 Å². The van der Waals surface area contributed by atoms with Gasteiger partial charge in [0.05, 0.1) is 5.02 Å². The minimum atomic E-state index is -2.50. The number of rotatable bonds is 5. The zero-order valence-corrected chi connectivity index (χ0v) is 8.81. The molecule has 2 nitrogen and oxygen atoms in total. The zero-order valence-electron chi connectivity index (χ0n) is 8.05. The fourth-order valence-electron chi connectivity index (χ4n) is 1.14. The molecule has 0 atom stereocenters. The highest BCUT2D eigenvalue weighted by Gasteiger charge is 2.07. The van der Waals surface area contributed by atoms with Gasteiger partial charge in [0.2, 0.25) is 0 Å². The summed E-state index contributed by atoms with van der Waals surface area (Å²) in [5, 5.41) is 0.335. The van der Waals surface area contributed by atoms with E-state index in [1.165, 1.54) is 0 Å². The lowest BCUT2D eigenvalue weighted by molar-refractivity contribution is 0.0819. The molecule has 0 unspecified atom stereocenters. The third-order valence-corrected chi connectivity index (χ3v) is 2.09. The van der Waals surface area contributed by atoms with Gasteiger partial charge >= 0.3 is 0 Å². The van der Waals surface area contributed by atoms with E-state index in [0.717, 1.165) is 5.56 Å². The van der Waals surface area contributed by atoms with E-state index in [4.69, 9.17) is 22.1 Å². The Morgan fingerprint density at radius 2 is 2.13 bits per heavy atom. The molecule has 5 heteroatoms. The summed E-state index contributed by atoms with van der Waals surface area (Å²) < 4.78 is 28.6. The first-order chi connectivity index (χ1) is 7.13. The normalized spacial score (nSPS) is 10.7. The monoisotopic (exact) mass is 235 g/mol. The fourth-order valence-corrected chi connectivity index (χ4v) is 1.39. The van der Waals surface area contributed by atoms with E-state index in [9.17, 15) is 8.78 Å². The summed E-state index contributed by atoms with van der Waals surface area (Å²) in [6.07, 6.45) is -1.79. The molecule has 0 aromatic heterocycles. The summed E-state index contributed by atoms with van der Waals surface area (Å²) >= 11 is 5.84. The van der Waals surface area contributed by atoms with Gasteiger partial charge in [0.15, 0.2) is 0 Å². The topological polar surface area (TPSA) is 35.2 Å². The van der Waals surface area contributed by atoms with Gasteiger partial charge in [-0.25, -0.2) is 8.78 Å². The fraction of sp³-hybridized carbons (Fsp3) is 0.400. The van der Waals surface area contributed by atoms with E-state index >= 15 is 0 Å². The van der Waals surface area contributed by atoms with Gasteiger partial charge in [0.1, 0.15) is 12.4 Å². The Hall–Kier alpha value is -0.870. The van der Waals surface area contributed by atoms with E-state index in [1.807, 2.05) is 0 Å². The predicted molar refractivity (Wildman–Crippen MR) is 55.7 cm³/mol. The minimum absolute atomic E-state index is 0.276. The second-order valence-corrected chi connectivity index (χ2v) is 3.41. The van der Waals surface area contributed by atoms with Crippen molar-refractivity contribution < 1.29 is 13.5 Å². The molecule has 0 spiro atoms. The van der Waals surface area contributed by atoms with Gasteiger partial charge in [-0.1, -0.05) is 17.7 Å². The first-order valence-corrected chi connectivity index (χ1v) is 4.90. The lowest BCUT2D eigenvalue weighted by Gasteiger charge is -2.08. The lowest BCUT2D eigenvalue weighted by atomic mass is 10.1. The molecule has 0 fully saturated rings. The number of ether oxygens (including phenoxy) is 1. The highest BCUT2D eigenvalue weighted by Crippen LogP contribution is 2.25. The van der Waals surface area contributed by atoms with E-state index in [0.29, 0.717) is 18.0 Å². The van der Waals surface area contributed by atoms with Gasteiger partial charge in [-0.3, -0.25) is 0 Å². The van der Waals surface area contributed by atoms with Crippen molar-refractivity contribution in [1.82, 2.24) is 0 Å². The Labute approximate surface area is 92.0 Å². The Morgan fingerprint density at radius 3 is 2.67 bits per heavy atom. The van der Waals surface area contributed by atoms with Crippen LogP contribution in [0.4, 0.5) is 8.78 Å². The number of nitrogens with two attached hydrogens (primary N) is 1. The van der Waals surface area contributed by atoms with Crippen LogP contribution >= 0.6 is 11.6 Å². The third kappa shape index (κ3) is 4.01. The van der Waals surface area contributed by atoms with Crippen LogP contribution in [0.5, 0.6) is 5.75 Å². The number of alkyl halides is 2. The summed E-state index contributed by atoms with van der Waals surface area (Å²) in [6.45, 7) is -0.122. The van der Waals surface area contributed by atoms with Gasteiger partial charge in [-0.05, 0) is 30.7 Å². The van der Waals surface area contributed by atoms with Crippen molar-refractivity contribution in [3.05, 3.63) is 28.8 Å². The van der Waals surface area contributed by atoms with Crippen LogP contribution in [0.25, 0.3) is 0 Å². The average Bonchev–Trinajstić information content (AvgIpc) is 2.17. The highest BCUT2D eigenvalue weighted by molar-refractivity contribution is 6.32. The molecule has 84 valence electrons. The van der Waals surface area contributed by atoms with E-state index in [2.05, 4.69) is 0 Å². The molecular formula is C10H12ClF2NO. The van der Waals surface area contributed by atoms with Crippen LogP contribution in [-0.4, -0.2) is 19.6 Å². The number of hydrogen-bond acceptors (Lipinski definition) is 2. The van der Waals surface area contributed by atoms with E-state index < -0.39 is 13.0 Å². The van der Waals surface area contributed by atoms with Crippen molar-refractivity contribution >= 4 is 11.6 Å². The van der Waals surface area contributed by atoms with E-state index in [1.54, 1.807) is 18.2 Å². The number of hydrogen-bond donors (Lipinski definition) is 1. The van der Waals surface area contributed by atoms with Crippen molar-refractivity contribution in [3.8, 4) is 5.75 Å². The van der Waals surface area contributed by atoms with Crippen LogP contribution in [0.15, 0.2) is 18.2 Å². The highest BCUT2D eigenvalue weighted by atomic mass is 35.5. The Kier molecular flexibility index (Phi) is 4.78. The summed E-state index contributed by atoms with van der Waals surface area (Å²) in [4.78, 5) is 0. The molecule has 2 N–H and O–H groups in total. The molecule has 1 rings (SSSR count). The molecule has 15 heavy (non-hydrogen) atoms. The molecule has 1 aromatic carbocycles. The molecule has 0 saturated carbocycles. The second kappa shape index (κ2) is 5.88. The van der Waals surface area contributed by atoms with Gasteiger partial charge in [0.25, 0.3) is 6.43 Å². The minimum Gasteiger partial charge on any atom is -0.486 e. The van der Waals surface area contributed by atoms with Crippen molar-refractivity contribution in [2.75, 3.05) is 13.2 Å². The van der Waals surface area contributed by atoms with Crippen LogP contribution in [0.2, 0.25) is 5.02 Å². The molecular weight excluding hydrogens is 224 g/mol. The summed E-state index contributed by atoms with van der Waals surface area (Å²) in [7, 11) is 0. The van der Waals surface area contributed by atoms with Gasteiger partial charge in [-0.15, -0.1) is 0 Å². The van der Waals surface area contributed by atoms with Crippen LogP contribution in [0, 0.1) is 0 Å². The molecule has 0 saturated heterocycles. The number of benzene rings is 1. The molecule has 0 radical (unpaired) electrons. The molecule has 0 bridgehead atoms. The van der Waals surface area contributed by atoms with Crippen LogP contribution in [0.3, 0.4) is 0 Å². The second-order valence-electron chi connectivity index (χ2n) is 3.01. The molecule has 0 aliphatic rings. The number of halogens is 3. The van der Waals surface area contributed by atoms with Gasteiger partial charge in [-0.2, -0.15) is 0 Å². The quantitative estimate of drug-likeness (QED) is 0.851. The zero-order chi connectivity index (χ0) is 11.3. The first kappa shape index (κ1) is 12.2. The third-order valence-electron chi connectivity index (χ3n) is 1.79. The molecule has 0 amide bonds. The van der Waals surface area contributed by atoms with Crippen molar-refractivity contribution in [1.29, 1.82) is 0 Å². The van der Waals surface area contributed by atoms with Crippen LogP contribution in [0.1, 0.15) is 5.56 Å². The Balaban J connectivity index is 2.66. The summed E-state index contributed by atoms with van der Waals surface area (Å²) in [5.74, 6) is 0.276. The standard InChI is InChI=1S/C10H12ClF2NO/c11-8-5-7(3-4-14)1-2-9(8)15-6-10(12)13/h1-2,5,10H,3-4,6,14H2. The maximum atomic E-state index is 11.9. The SMILES string of the molecule is NCCc1ccc(OCC(F)F)c(Cl)c1. The van der Waals surface area contributed by atoms with Crippen molar-refractivity contribution in [2.24, 2.45) is 5.73 Å². The van der Waals surface area contributed by atoms with Gasteiger partial charge < -0.3 is 10.5 Å².